The minimum atomic E-state index is -5.11. The summed E-state index contributed by atoms with van der Waals surface area (Å²) in [6.07, 6.45) is -5.11. The molecule has 4 rings (SSSR count). The van der Waals surface area contributed by atoms with Crippen LogP contribution in [0.2, 0.25) is 0 Å². The number of nitro benzene ring substituents is 2. The van der Waals surface area contributed by atoms with E-state index in [4.69, 9.17) is 4.52 Å². The van der Waals surface area contributed by atoms with Crippen molar-refractivity contribution >= 4 is 55.8 Å². The van der Waals surface area contributed by atoms with E-state index < -0.39 is 61.7 Å². The number of hydrogen-bond acceptors (Lipinski definition) is 8. The number of nitrogens with one attached hydrogen (secondary N) is 1. The molecule has 0 atom stereocenters. The van der Waals surface area contributed by atoms with E-state index in [2.05, 4.69) is 26.4 Å². The van der Waals surface area contributed by atoms with Crippen molar-refractivity contribution in [3.05, 3.63) is 90.1 Å². The van der Waals surface area contributed by atoms with Gasteiger partial charge in [-0.1, -0.05) is 21.1 Å². The van der Waals surface area contributed by atoms with Crippen LogP contribution in [0.5, 0.6) is 0 Å². The van der Waals surface area contributed by atoms with Crippen LogP contribution in [0.15, 0.2) is 57.5 Å². The van der Waals surface area contributed by atoms with Gasteiger partial charge in [-0.3, -0.25) is 25.0 Å². The number of carbonyl (C=O) groups excluding carboxylic acids is 1. The van der Waals surface area contributed by atoms with Gasteiger partial charge in [0.2, 0.25) is 0 Å². The van der Waals surface area contributed by atoms with Crippen molar-refractivity contribution in [2.45, 2.75) is 6.18 Å². The van der Waals surface area contributed by atoms with Crippen LogP contribution in [0.1, 0.15) is 26.4 Å². The SMILES string of the molecule is O=C(O)c1cc(Br)ccc1NC(=O)c1noc2cc(-c3ccc([N+](=O)[O-])cc3C(F)(F)F)c([N+](=O)[O-])cc12. The summed E-state index contributed by atoms with van der Waals surface area (Å²) in [6, 6.07) is 7.31. The summed E-state index contributed by atoms with van der Waals surface area (Å²) in [5, 5.41) is 37.8. The van der Waals surface area contributed by atoms with Crippen molar-refractivity contribution in [2.24, 2.45) is 0 Å². The third-order valence-electron chi connectivity index (χ3n) is 5.27. The maximum atomic E-state index is 13.7. The van der Waals surface area contributed by atoms with Gasteiger partial charge in [-0.2, -0.15) is 13.2 Å². The Morgan fingerprint density at radius 3 is 2.32 bits per heavy atom. The molecular weight excluding hydrogens is 585 g/mol. The molecule has 1 aromatic heterocycles. The van der Waals surface area contributed by atoms with Crippen LogP contribution in [0, 0.1) is 20.2 Å². The van der Waals surface area contributed by atoms with E-state index in [-0.39, 0.29) is 28.3 Å². The Labute approximate surface area is 216 Å². The molecule has 1 amide bonds. The normalized spacial score (nSPS) is 11.4. The van der Waals surface area contributed by atoms with Crippen LogP contribution in [-0.2, 0) is 6.18 Å². The Balaban J connectivity index is 1.85. The fraction of sp³-hybridized carbons (Fsp3) is 0.0455. The predicted octanol–water partition coefficient (Wildman–Crippen LogP) is 6.04. The number of alkyl halides is 3. The van der Waals surface area contributed by atoms with E-state index in [0.29, 0.717) is 4.47 Å². The third-order valence-corrected chi connectivity index (χ3v) is 5.76. The summed E-state index contributed by atoms with van der Waals surface area (Å²) >= 11 is 3.11. The van der Waals surface area contributed by atoms with Gasteiger partial charge in [-0.25, -0.2) is 4.79 Å². The first-order valence-corrected chi connectivity index (χ1v) is 10.8. The van der Waals surface area contributed by atoms with Gasteiger partial charge in [-0.15, -0.1) is 0 Å². The number of nitro groups is 2. The number of halogens is 4. The van der Waals surface area contributed by atoms with E-state index in [1.165, 1.54) is 18.2 Å². The standard InChI is InChI=1S/C22H10BrF3N4O8/c23-9-1-4-16(13(5-9)21(32)33)27-20(31)19-14-7-17(30(36)37)12(8-18(14)38-28-19)11-3-2-10(29(34)35)6-15(11)22(24,25)26/h1-8H,(H,27,31)(H,32,33). The van der Waals surface area contributed by atoms with Crippen molar-refractivity contribution < 1.29 is 42.2 Å². The molecule has 0 aliphatic carbocycles. The smallest absolute Gasteiger partial charge is 0.417 e. The van der Waals surface area contributed by atoms with E-state index in [9.17, 15) is 48.1 Å². The fourth-order valence-corrected chi connectivity index (χ4v) is 3.96. The lowest BCUT2D eigenvalue weighted by Crippen LogP contribution is -2.15. The lowest BCUT2D eigenvalue weighted by Gasteiger charge is -2.13. The summed E-state index contributed by atoms with van der Waals surface area (Å²) in [7, 11) is 0. The number of anilines is 1. The van der Waals surface area contributed by atoms with Gasteiger partial charge in [0.25, 0.3) is 17.3 Å². The molecule has 16 heteroatoms. The maximum absolute atomic E-state index is 13.7. The molecule has 0 saturated carbocycles. The molecule has 194 valence electrons. The number of carbonyl (C=O) groups is 2. The highest BCUT2D eigenvalue weighted by molar-refractivity contribution is 9.10. The molecule has 0 radical (unpaired) electrons. The van der Waals surface area contributed by atoms with Crippen molar-refractivity contribution in [1.82, 2.24) is 5.16 Å². The number of carboxylic acid groups (broad SMARTS) is 1. The lowest BCUT2D eigenvalue weighted by molar-refractivity contribution is -0.385. The molecule has 0 unspecified atom stereocenters. The van der Waals surface area contributed by atoms with E-state index in [0.717, 1.165) is 24.3 Å². The second-order valence-corrected chi connectivity index (χ2v) is 8.50. The highest BCUT2D eigenvalue weighted by Gasteiger charge is 2.37. The second kappa shape index (κ2) is 9.55. The average Bonchev–Trinajstić information content (AvgIpc) is 3.26. The van der Waals surface area contributed by atoms with Gasteiger partial charge in [-0.05, 0) is 30.3 Å². The van der Waals surface area contributed by atoms with Gasteiger partial charge >= 0.3 is 12.1 Å². The number of benzene rings is 3. The van der Waals surface area contributed by atoms with Crippen molar-refractivity contribution in [3.63, 3.8) is 0 Å². The Morgan fingerprint density at radius 2 is 1.71 bits per heavy atom. The Hall–Kier alpha value is -4.86. The van der Waals surface area contributed by atoms with Gasteiger partial charge in [0.1, 0.15) is 0 Å². The van der Waals surface area contributed by atoms with Crippen LogP contribution in [-0.4, -0.2) is 32.0 Å². The predicted molar refractivity (Wildman–Crippen MR) is 127 cm³/mol. The van der Waals surface area contributed by atoms with Crippen LogP contribution in [0.3, 0.4) is 0 Å². The zero-order valence-corrected chi connectivity index (χ0v) is 19.9. The topological polar surface area (TPSA) is 179 Å². The first-order chi connectivity index (χ1) is 17.8. The third kappa shape index (κ3) is 4.88. The number of amides is 1. The monoisotopic (exact) mass is 594 g/mol. The molecule has 4 aromatic rings. The number of non-ortho nitro benzene ring substituents is 1. The van der Waals surface area contributed by atoms with Crippen LogP contribution in [0.25, 0.3) is 22.1 Å². The minimum Gasteiger partial charge on any atom is -0.478 e. The minimum absolute atomic E-state index is 0.131. The molecule has 0 spiro atoms. The summed E-state index contributed by atoms with van der Waals surface area (Å²) < 4.78 is 46.6. The van der Waals surface area contributed by atoms with E-state index in [1.807, 2.05) is 0 Å². The second-order valence-electron chi connectivity index (χ2n) is 7.59. The first-order valence-electron chi connectivity index (χ1n) is 10.1. The molecule has 1 heterocycles. The number of rotatable bonds is 6. The summed E-state index contributed by atoms with van der Waals surface area (Å²) in [5.74, 6) is -2.38. The molecule has 0 aliphatic rings. The fourth-order valence-electron chi connectivity index (χ4n) is 3.60. The molecule has 12 nitrogen and oxygen atoms in total. The maximum Gasteiger partial charge on any atom is 0.417 e. The highest BCUT2D eigenvalue weighted by Crippen LogP contribution is 2.43. The quantitative estimate of drug-likeness (QED) is 0.198. The molecule has 2 N–H and O–H groups in total. The van der Waals surface area contributed by atoms with Gasteiger partial charge < -0.3 is 14.9 Å². The molecule has 0 bridgehead atoms. The Morgan fingerprint density at radius 1 is 1.00 bits per heavy atom. The van der Waals surface area contributed by atoms with E-state index in [1.54, 1.807) is 0 Å². The summed E-state index contributed by atoms with van der Waals surface area (Å²) in [5.41, 5.74) is -5.80. The molecule has 38 heavy (non-hydrogen) atoms. The Bertz CT molecular complexity index is 1670. The zero-order valence-electron chi connectivity index (χ0n) is 18.3. The molecule has 3 aromatic carbocycles. The highest BCUT2D eigenvalue weighted by atomic mass is 79.9. The number of carboxylic acids is 1. The zero-order chi connectivity index (χ0) is 27.9. The number of fused-ring (bicyclic) bond motifs is 1. The molecule has 0 saturated heterocycles. The number of hydrogen-bond donors (Lipinski definition) is 2. The first kappa shape index (κ1) is 26.2. The van der Waals surface area contributed by atoms with Crippen molar-refractivity contribution in [2.75, 3.05) is 5.32 Å². The van der Waals surface area contributed by atoms with Crippen molar-refractivity contribution in [1.29, 1.82) is 0 Å². The summed E-state index contributed by atoms with van der Waals surface area (Å²) in [4.78, 5) is 45.1. The van der Waals surface area contributed by atoms with Crippen LogP contribution in [0.4, 0.5) is 30.2 Å². The van der Waals surface area contributed by atoms with Gasteiger partial charge in [0.15, 0.2) is 11.3 Å². The number of nitrogens with zero attached hydrogens (tertiary/aromatic N) is 3. The van der Waals surface area contributed by atoms with Crippen molar-refractivity contribution in [3.8, 4) is 11.1 Å². The molecule has 0 aliphatic heterocycles. The molecular formula is C22H10BrF3N4O8. The number of aromatic nitrogens is 1. The summed E-state index contributed by atoms with van der Waals surface area (Å²) in [6.45, 7) is 0. The lowest BCUT2D eigenvalue weighted by atomic mass is 9.96. The number of aromatic carboxylic acids is 1. The van der Waals surface area contributed by atoms with E-state index >= 15 is 0 Å². The van der Waals surface area contributed by atoms with Crippen LogP contribution >= 0.6 is 15.9 Å². The average molecular weight is 595 g/mol. The largest absolute Gasteiger partial charge is 0.478 e. The Kier molecular flexibility index (Phi) is 6.58. The van der Waals surface area contributed by atoms with Crippen LogP contribution < -0.4 is 5.32 Å². The van der Waals surface area contributed by atoms with Gasteiger partial charge in [0.05, 0.1) is 37.6 Å². The molecule has 0 fully saturated rings. The van der Waals surface area contributed by atoms with Gasteiger partial charge in [0, 0.05) is 28.2 Å².